The highest BCUT2D eigenvalue weighted by atomic mass is 16.5. The van der Waals surface area contributed by atoms with Crippen LogP contribution in [-0.4, -0.2) is 41.4 Å². The molecular formula is C6H10N2O4. The molecule has 0 aliphatic carbocycles. The summed E-state index contributed by atoms with van der Waals surface area (Å²) in [6, 6.07) is 0. The number of rotatable bonds is 3. The summed E-state index contributed by atoms with van der Waals surface area (Å²) in [5, 5.41) is 9.24. The Balaban J connectivity index is 2.28. The lowest BCUT2D eigenvalue weighted by molar-refractivity contribution is -0.165. The Bertz CT molecular complexity index is 206. The highest BCUT2D eigenvalue weighted by molar-refractivity contribution is 5.88. The van der Waals surface area contributed by atoms with Gasteiger partial charge in [0.1, 0.15) is 0 Å². The van der Waals surface area contributed by atoms with E-state index in [-0.39, 0.29) is 5.91 Å². The number of nitrogens with zero attached hydrogens (tertiary/aromatic N) is 1. The number of carbonyl (C=O) groups is 2. The monoisotopic (exact) mass is 174 g/mol. The molecule has 1 saturated heterocycles. The van der Waals surface area contributed by atoms with Gasteiger partial charge in [0.2, 0.25) is 0 Å². The molecule has 0 aromatic heterocycles. The van der Waals surface area contributed by atoms with Crippen molar-refractivity contribution in [3.63, 3.8) is 0 Å². The van der Waals surface area contributed by atoms with E-state index in [0.717, 1.165) is 5.01 Å². The number of hydrogen-bond donors (Lipinski definition) is 2. The molecule has 1 fully saturated rings. The molecule has 0 aromatic carbocycles. The van der Waals surface area contributed by atoms with Crippen LogP contribution in [0.3, 0.4) is 0 Å². The van der Waals surface area contributed by atoms with Gasteiger partial charge in [-0.25, -0.2) is 15.2 Å². The first kappa shape index (κ1) is 8.79. The third-order valence-corrected chi connectivity index (χ3v) is 1.49. The van der Waals surface area contributed by atoms with Crippen molar-refractivity contribution in [2.45, 2.75) is 13.0 Å². The molecule has 0 spiro atoms. The number of carboxylic acid groups (broad SMARTS) is 1. The maximum atomic E-state index is 11.0. The fourth-order valence-corrected chi connectivity index (χ4v) is 0.937. The van der Waals surface area contributed by atoms with Crippen LogP contribution in [0.15, 0.2) is 0 Å². The lowest BCUT2D eigenvalue weighted by Crippen LogP contribution is -2.64. The zero-order chi connectivity index (χ0) is 9.14. The minimum Gasteiger partial charge on any atom is -0.464 e. The molecule has 68 valence electrons. The number of nitrogens with one attached hydrogen (secondary N) is 1. The molecule has 0 bridgehead atoms. The van der Waals surface area contributed by atoms with E-state index >= 15 is 0 Å². The Labute approximate surface area is 69.1 Å². The zero-order valence-corrected chi connectivity index (χ0v) is 6.61. The minimum absolute atomic E-state index is 0.291. The van der Waals surface area contributed by atoms with E-state index in [2.05, 4.69) is 0 Å². The van der Waals surface area contributed by atoms with Crippen molar-refractivity contribution in [1.82, 2.24) is 10.4 Å². The average Bonchev–Trinajstić information content (AvgIpc) is 2.02. The molecule has 1 aliphatic rings. The van der Waals surface area contributed by atoms with Gasteiger partial charge in [0.15, 0.2) is 6.10 Å². The van der Waals surface area contributed by atoms with Gasteiger partial charge in [-0.2, -0.15) is 0 Å². The van der Waals surface area contributed by atoms with Crippen LogP contribution in [0.4, 0.5) is 4.79 Å². The summed E-state index contributed by atoms with van der Waals surface area (Å²) in [6.07, 6.45) is -1.71. The van der Waals surface area contributed by atoms with Crippen molar-refractivity contribution >= 4 is 12.0 Å². The van der Waals surface area contributed by atoms with E-state index in [9.17, 15) is 9.59 Å². The second-order valence-electron chi connectivity index (χ2n) is 2.31. The lowest BCUT2D eigenvalue weighted by atomic mass is 10.2. The van der Waals surface area contributed by atoms with Gasteiger partial charge in [-0.3, -0.25) is 4.79 Å². The second kappa shape index (κ2) is 3.40. The SMILES string of the molecule is CCOC1CN(NC(=O)O)C1=O. The number of hydrazine groups is 1. The molecule has 6 nitrogen and oxygen atoms in total. The average molecular weight is 174 g/mol. The van der Waals surface area contributed by atoms with Gasteiger partial charge >= 0.3 is 6.09 Å². The van der Waals surface area contributed by atoms with E-state index in [4.69, 9.17) is 9.84 Å². The third kappa shape index (κ3) is 1.65. The van der Waals surface area contributed by atoms with Crippen LogP contribution in [0.1, 0.15) is 6.92 Å². The molecule has 12 heavy (non-hydrogen) atoms. The number of β-lactam (4-membered cyclic amide) rings is 1. The van der Waals surface area contributed by atoms with Gasteiger partial charge in [-0.05, 0) is 6.92 Å². The lowest BCUT2D eigenvalue weighted by Gasteiger charge is -2.36. The second-order valence-corrected chi connectivity index (χ2v) is 2.31. The maximum absolute atomic E-state index is 11.0. The minimum atomic E-state index is -1.24. The van der Waals surface area contributed by atoms with E-state index < -0.39 is 12.2 Å². The summed E-state index contributed by atoms with van der Waals surface area (Å²) < 4.78 is 4.98. The van der Waals surface area contributed by atoms with Crippen molar-refractivity contribution in [3.05, 3.63) is 0 Å². The zero-order valence-electron chi connectivity index (χ0n) is 6.61. The highest BCUT2D eigenvalue weighted by Gasteiger charge is 2.38. The largest absolute Gasteiger partial charge is 0.464 e. The predicted molar refractivity (Wildman–Crippen MR) is 38.3 cm³/mol. The number of hydrogen-bond acceptors (Lipinski definition) is 3. The Kier molecular flexibility index (Phi) is 2.49. The van der Waals surface area contributed by atoms with Crippen molar-refractivity contribution in [2.75, 3.05) is 13.2 Å². The van der Waals surface area contributed by atoms with E-state index in [0.29, 0.717) is 13.2 Å². The molecule has 0 aromatic rings. The van der Waals surface area contributed by atoms with Gasteiger partial charge in [-0.1, -0.05) is 0 Å². The highest BCUT2D eigenvalue weighted by Crippen LogP contribution is 2.10. The predicted octanol–water partition coefficient (Wildman–Crippen LogP) is -0.584. The molecule has 1 unspecified atom stereocenters. The summed E-state index contributed by atoms with van der Waals surface area (Å²) in [4.78, 5) is 21.0. The number of carbonyl (C=O) groups excluding carboxylic acids is 1. The summed E-state index contributed by atoms with van der Waals surface area (Å²) >= 11 is 0. The van der Waals surface area contributed by atoms with Crippen LogP contribution in [0.25, 0.3) is 0 Å². The summed E-state index contributed by atoms with van der Waals surface area (Å²) in [6.45, 7) is 2.52. The molecule has 1 aliphatic heterocycles. The molecule has 0 saturated carbocycles. The van der Waals surface area contributed by atoms with Crippen LogP contribution in [-0.2, 0) is 9.53 Å². The Morgan fingerprint density at radius 2 is 2.58 bits per heavy atom. The first-order valence-electron chi connectivity index (χ1n) is 3.57. The fraction of sp³-hybridized carbons (Fsp3) is 0.667. The smallest absolute Gasteiger partial charge is 0.423 e. The summed E-state index contributed by atoms with van der Waals surface area (Å²) in [5.41, 5.74) is 1.94. The van der Waals surface area contributed by atoms with Gasteiger partial charge in [0.05, 0.1) is 6.54 Å². The van der Waals surface area contributed by atoms with E-state index in [1.165, 1.54) is 0 Å². The molecule has 2 amide bonds. The van der Waals surface area contributed by atoms with Gasteiger partial charge < -0.3 is 9.84 Å². The Hall–Kier alpha value is -1.30. The van der Waals surface area contributed by atoms with Gasteiger partial charge in [0, 0.05) is 6.61 Å². The van der Waals surface area contributed by atoms with E-state index in [1.54, 1.807) is 6.92 Å². The Morgan fingerprint density at radius 3 is 3.00 bits per heavy atom. The van der Waals surface area contributed by atoms with Crippen LogP contribution in [0.2, 0.25) is 0 Å². The first-order chi connectivity index (χ1) is 5.65. The van der Waals surface area contributed by atoms with Gasteiger partial charge in [-0.15, -0.1) is 0 Å². The van der Waals surface area contributed by atoms with Crippen molar-refractivity contribution < 1.29 is 19.4 Å². The molecule has 2 N–H and O–H groups in total. The molecule has 1 rings (SSSR count). The molecule has 1 atom stereocenters. The molecule has 0 radical (unpaired) electrons. The topological polar surface area (TPSA) is 78.9 Å². The molecule has 1 heterocycles. The Morgan fingerprint density at radius 1 is 1.92 bits per heavy atom. The first-order valence-corrected chi connectivity index (χ1v) is 3.57. The summed E-state index contributed by atoms with van der Waals surface area (Å²) in [7, 11) is 0. The van der Waals surface area contributed by atoms with Crippen LogP contribution < -0.4 is 5.43 Å². The standard InChI is InChI=1S/C6H10N2O4/c1-2-12-4-3-8(5(4)9)7-6(10)11/h4,7H,2-3H2,1H3,(H,10,11). The number of ether oxygens (including phenoxy) is 1. The van der Waals surface area contributed by atoms with Crippen LogP contribution in [0.5, 0.6) is 0 Å². The van der Waals surface area contributed by atoms with E-state index in [1.807, 2.05) is 5.43 Å². The molecule has 6 heteroatoms. The number of amides is 2. The van der Waals surface area contributed by atoms with Crippen molar-refractivity contribution in [2.24, 2.45) is 0 Å². The van der Waals surface area contributed by atoms with Crippen LogP contribution >= 0.6 is 0 Å². The van der Waals surface area contributed by atoms with Crippen molar-refractivity contribution in [3.8, 4) is 0 Å². The summed E-state index contributed by atoms with van der Waals surface area (Å²) in [5.74, 6) is -0.334. The quantitative estimate of drug-likeness (QED) is 0.561. The normalized spacial score (nSPS) is 21.9. The van der Waals surface area contributed by atoms with Crippen molar-refractivity contribution in [1.29, 1.82) is 0 Å². The van der Waals surface area contributed by atoms with Gasteiger partial charge in [0.25, 0.3) is 5.91 Å². The third-order valence-electron chi connectivity index (χ3n) is 1.49. The molecular weight excluding hydrogens is 164 g/mol. The fourth-order valence-electron chi connectivity index (χ4n) is 0.937. The van der Waals surface area contributed by atoms with Crippen LogP contribution in [0, 0.1) is 0 Å². The maximum Gasteiger partial charge on any atom is 0.423 e.